The van der Waals surface area contributed by atoms with Crippen molar-refractivity contribution >= 4 is 28.7 Å². The van der Waals surface area contributed by atoms with E-state index in [2.05, 4.69) is 4.90 Å². The molecule has 0 saturated carbocycles. The third-order valence-electron chi connectivity index (χ3n) is 3.72. The monoisotopic (exact) mass is 303 g/mol. The standard InChI is InChI=1S/C15H14ClN3O2/c16-12-4-5-14(19(20)21)11(8-12)9-18-7-6-10-2-1-3-13(17)15(10)18/h1-5,8H,6-7,9,17H2. The predicted molar refractivity (Wildman–Crippen MR) is 83.7 cm³/mol. The van der Waals surface area contributed by atoms with E-state index in [0.29, 0.717) is 22.8 Å². The molecule has 2 aromatic carbocycles. The van der Waals surface area contributed by atoms with Gasteiger partial charge in [0.1, 0.15) is 0 Å². The van der Waals surface area contributed by atoms with Crippen molar-refractivity contribution in [3.05, 3.63) is 62.7 Å². The fourth-order valence-corrected chi connectivity index (χ4v) is 2.98. The molecule has 108 valence electrons. The van der Waals surface area contributed by atoms with E-state index in [1.807, 2.05) is 18.2 Å². The third-order valence-corrected chi connectivity index (χ3v) is 3.95. The predicted octanol–water partition coefficient (Wildman–Crippen LogP) is 3.39. The number of nitrogens with zero attached hydrogens (tertiary/aromatic N) is 2. The number of anilines is 2. The van der Waals surface area contributed by atoms with Gasteiger partial charge in [-0.25, -0.2) is 0 Å². The molecule has 0 aliphatic carbocycles. The van der Waals surface area contributed by atoms with E-state index >= 15 is 0 Å². The Hall–Kier alpha value is -2.27. The zero-order valence-electron chi connectivity index (χ0n) is 11.3. The van der Waals surface area contributed by atoms with Crippen LogP contribution in [-0.2, 0) is 13.0 Å². The maximum absolute atomic E-state index is 11.1. The van der Waals surface area contributed by atoms with Gasteiger partial charge in [0.05, 0.1) is 21.9 Å². The van der Waals surface area contributed by atoms with Gasteiger partial charge in [0.25, 0.3) is 5.69 Å². The molecule has 0 saturated heterocycles. The molecule has 0 atom stereocenters. The van der Waals surface area contributed by atoms with Crippen molar-refractivity contribution in [3.63, 3.8) is 0 Å². The number of hydrogen-bond donors (Lipinski definition) is 1. The summed E-state index contributed by atoms with van der Waals surface area (Å²) < 4.78 is 0. The summed E-state index contributed by atoms with van der Waals surface area (Å²) in [6, 6.07) is 10.5. The van der Waals surface area contributed by atoms with E-state index in [1.54, 1.807) is 6.07 Å². The summed E-state index contributed by atoms with van der Waals surface area (Å²) in [4.78, 5) is 12.8. The molecule has 0 unspecified atom stereocenters. The SMILES string of the molecule is Nc1cccc2c1N(Cc1cc(Cl)ccc1[N+](=O)[O-])CC2. The van der Waals surface area contributed by atoms with Crippen molar-refractivity contribution in [2.75, 3.05) is 17.2 Å². The summed E-state index contributed by atoms with van der Waals surface area (Å²) in [5.41, 5.74) is 9.59. The quantitative estimate of drug-likeness (QED) is 0.536. The van der Waals surface area contributed by atoms with Crippen LogP contribution in [0, 0.1) is 10.1 Å². The molecule has 0 radical (unpaired) electrons. The fraction of sp³-hybridized carbons (Fsp3) is 0.200. The molecule has 2 N–H and O–H groups in total. The number of halogens is 1. The minimum atomic E-state index is -0.378. The van der Waals surface area contributed by atoms with Crippen LogP contribution in [0.5, 0.6) is 0 Å². The van der Waals surface area contributed by atoms with Crippen LogP contribution in [-0.4, -0.2) is 11.5 Å². The molecule has 1 aliphatic heterocycles. The molecule has 3 rings (SSSR count). The molecule has 1 aliphatic rings. The maximum atomic E-state index is 11.1. The van der Waals surface area contributed by atoms with Crippen molar-refractivity contribution in [1.82, 2.24) is 0 Å². The summed E-state index contributed by atoms with van der Waals surface area (Å²) in [6.45, 7) is 1.23. The van der Waals surface area contributed by atoms with Gasteiger partial charge in [-0.15, -0.1) is 0 Å². The Morgan fingerprint density at radius 1 is 1.33 bits per heavy atom. The normalized spacial score (nSPS) is 13.3. The highest BCUT2D eigenvalue weighted by Crippen LogP contribution is 2.36. The second-order valence-corrected chi connectivity index (χ2v) is 5.49. The lowest BCUT2D eigenvalue weighted by Gasteiger charge is -2.21. The summed E-state index contributed by atoms with van der Waals surface area (Å²) in [5.74, 6) is 0. The minimum Gasteiger partial charge on any atom is -0.397 e. The van der Waals surface area contributed by atoms with Crippen LogP contribution in [0.25, 0.3) is 0 Å². The topological polar surface area (TPSA) is 72.4 Å². The summed E-state index contributed by atoms with van der Waals surface area (Å²) in [7, 11) is 0. The first-order valence-corrected chi connectivity index (χ1v) is 6.99. The van der Waals surface area contributed by atoms with Gasteiger partial charge < -0.3 is 10.6 Å². The van der Waals surface area contributed by atoms with Gasteiger partial charge in [0.15, 0.2) is 0 Å². The van der Waals surface area contributed by atoms with Gasteiger partial charge in [-0.2, -0.15) is 0 Å². The van der Waals surface area contributed by atoms with Crippen LogP contribution in [0.3, 0.4) is 0 Å². The van der Waals surface area contributed by atoms with Gasteiger partial charge in [0.2, 0.25) is 0 Å². The number of rotatable bonds is 3. The molecule has 0 fully saturated rings. The van der Waals surface area contributed by atoms with E-state index in [0.717, 1.165) is 18.7 Å². The smallest absolute Gasteiger partial charge is 0.274 e. The molecule has 0 spiro atoms. The Kier molecular flexibility index (Phi) is 3.43. The van der Waals surface area contributed by atoms with E-state index < -0.39 is 0 Å². The molecule has 21 heavy (non-hydrogen) atoms. The van der Waals surface area contributed by atoms with Gasteiger partial charge in [-0.3, -0.25) is 10.1 Å². The second-order valence-electron chi connectivity index (χ2n) is 5.06. The highest BCUT2D eigenvalue weighted by atomic mass is 35.5. The molecule has 0 aromatic heterocycles. The van der Waals surface area contributed by atoms with Gasteiger partial charge in [-0.05, 0) is 30.2 Å². The van der Waals surface area contributed by atoms with Crippen LogP contribution in [0.4, 0.5) is 17.1 Å². The molecule has 6 heteroatoms. The van der Waals surface area contributed by atoms with E-state index in [1.165, 1.54) is 17.7 Å². The zero-order chi connectivity index (χ0) is 15.0. The van der Waals surface area contributed by atoms with Crippen LogP contribution >= 0.6 is 11.6 Å². The number of hydrogen-bond acceptors (Lipinski definition) is 4. The largest absolute Gasteiger partial charge is 0.397 e. The van der Waals surface area contributed by atoms with Crippen molar-refractivity contribution in [1.29, 1.82) is 0 Å². The van der Waals surface area contributed by atoms with Crippen molar-refractivity contribution in [2.45, 2.75) is 13.0 Å². The van der Waals surface area contributed by atoms with Crippen LogP contribution in [0.15, 0.2) is 36.4 Å². The van der Waals surface area contributed by atoms with Crippen LogP contribution in [0.2, 0.25) is 5.02 Å². The lowest BCUT2D eigenvalue weighted by atomic mass is 10.1. The Bertz CT molecular complexity index is 718. The Balaban J connectivity index is 1.97. The number of para-hydroxylation sites is 1. The van der Waals surface area contributed by atoms with E-state index in [4.69, 9.17) is 17.3 Å². The number of fused-ring (bicyclic) bond motifs is 1. The number of benzene rings is 2. The Morgan fingerprint density at radius 2 is 2.14 bits per heavy atom. The minimum absolute atomic E-state index is 0.0855. The van der Waals surface area contributed by atoms with Crippen molar-refractivity contribution in [3.8, 4) is 0 Å². The molecule has 2 aromatic rings. The number of nitro benzene ring substituents is 1. The average molecular weight is 304 g/mol. The van der Waals surface area contributed by atoms with Crippen molar-refractivity contribution < 1.29 is 4.92 Å². The van der Waals surface area contributed by atoms with Crippen molar-refractivity contribution in [2.24, 2.45) is 0 Å². The molecular formula is C15H14ClN3O2. The van der Waals surface area contributed by atoms with E-state index in [9.17, 15) is 10.1 Å². The number of nitrogens with two attached hydrogens (primary N) is 1. The molecule has 5 nitrogen and oxygen atoms in total. The second kappa shape index (κ2) is 5.26. The first-order chi connectivity index (χ1) is 10.1. The Labute approximate surface area is 127 Å². The number of nitrogen functional groups attached to an aromatic ring is 1. The maximum Gasteiger partial charge on any atom is 0.274 e. The van der Waals surface area contributed by atoms with Gasteiger partial charge in [0, 0.05) is 24.2 Å². The van der Waals surface area contributed by atoms with E-state index in [-0.39, 0.29) is 10.6 Å². The summed E-state index contributed by atoms with van der Waals surface area (Å²) in [6.07, 6.45) is 0.898. The van der Waals surface area contributed by atoms with Crippen LogP contribution < -0.4 is 10.6 Å². The molecule has 0 amide bonds. The third kappa shape index (κ3) is 2.52. The lowest BCUT2D eigenvalue weighted by molar-refractivity contribution is -0.385. The van der Waals surface area contributed by atoms with Crippen LogP contribution in [0.1, 0.15) is 11.1 Å². The Morgan fingerprint density at radius 3 is 2.90 bits per heavy atom. The summed E-state index contributed by atoms with van der Waals surface area (Å²) in [5, 5.41) is 11.6. The summed E-state index contributed by atoms with van der Waals surface area (Å²) >= 11 is 5.97. The fourth-order valence-electron chi connectivity index (χ4n) is 2.79. The molecular weight excluding hydrogens is 290 g/mol. The lowest BCUT2D eigenvalue weighted by Crippen LogP contribution is -2.21. The molecule has 1 heterocycles. The first kappa shape index (κ1) is 13.7. The highest BCUT2D eigenvalue weighted by molar-refractivity contribution is 6.30. The van der Waals surface area contributed by atoms with Gasteiger partial charge in [-0.1, -0.05) is 23.7 Å². The average Bonchev–Trinajstić information content (AvgIpc) is 2.83. The highest BCUT2D eigenvalue weighted by Gasteiger charge is 2.24. The first-order valence-electron chi connectivity index (χ1n) is 6.61. The zero-order valence-corrected chi connectivity index (χ0v) is 12.0. The molecule has 0 bridgehead atoms. The number of nitro groups is 1. The van der Waals surface area contributed by atoms with Gasteiger partial charge >= 0.3 is 0 Å².